The Labute approximate surface area is 235 Å². The summed E-state index contributed by atoms with van der Waals surface area (Å²) in [5, 5.41) is 4.88. The van der Waals surface area contributed by atoms with Crippen molar-refractivity contribution in [2.24, 2.45) is 0 Å². The zero-order chi connectivity index (χ0) is 25.9. The van der Waals surface area contributed by atoms with Gasteiger partial charge < -0.3 is 19.5 Å². The molecule has 0 spiro atoms. The van der Waals surface area contributed by atoms with Gasteiger partial charge in [-0.1, -0.05) is 24.6 Å². The number of hydrogen-bond acceptors (Lipinski definition) is 5. The molecule has 4 aromatic carbocycles. The highest BCUT2D eigenvalue weighted by Crippen LogP contribution is 2.41. The molecule has 0 bridgehead atoms. The van der Waals surface area contributed by atoms with Gasteiger partial charge in [-0.05, 0) is 97.0 Å². The van der Waals surface area contributed by atoms with Crippen molar-refractivity contribution in [2.75, 3.05) is 33.4 Å². The van der Waals surface area contributed by atoms with E-state index in [1.807, 2.05) is 60.7 Å². The topological polar surface area (TPSA) is 60.0 Å². The average Bonchev–Trinajstić information content (AvgIpc) is 3.34. The molecule has 0 saturated carbocycles. The third-order valence-electron chi connectivity index (χ3n) is 7.45. The fourth-order valence-electron chi connectivity index (χ4n) is 5.32. The first kappa shape index (κ1) is 26.9. The Morgan fingerprint density at radius 3 is 2.38 bits per heavy atom. The van der Waals surface area contributed by atoms with Gasteiger partial charge in [0.15, 0.2) is 0 Å². The van der Waals surface area contributed by atoms with Crippen LogP contribution in [0.5, 0.6) is 23.0 Å². The van der Waals surface area contributed by atoms with Crippen molar-refractivity contribution in [1.29, 1.82) is 0 Å². The van der Waals surface area contributed by atoms with Crippen molar-refractivity contribution in [3.63, 3.8) is 0 Å². The van der Waals surface area contributed by atoms with Crippen LogP contribution in [0.3, 0.4) is 0 Å². The molecule has 6 nitrogen and oxygen atoms in total. The van der Waals surface area contributed by atoms with Gasteiger partial charge in [-0.15, -0.1) is 12.4 Å². The van der Waals surface area contributed by atoms with Crippen LogP contribution < -0.4 is 19.5 Å². The number of ether oxygens (including phenoxy) is 3. The highest BCUT2D eigenvalue weighted by Gasteiger charge is 2.21. The number of likely N-dealkylation sites (tertiary alicyclic amines) is 1. The number of piperidine rings is 1. The van der Waals surface area contributed by atoms with E-state index in [2.05, 4.69) is 22.3 Å². The summed E-state index contributed by atoms with van der Waals surface area (Å²) in [6.07, 6.45) is 3.91. The molecule has 2 aliphatic heterocycles. The molecule has 6 rings (SSSR count). The van der Waals surface area contributed by atoms with Gasteiger partial charge in [0.05, 0.1) is 7.11 Å². The summed E-state index contributed by atoms with van der Waals surface area (Å²) < 4.78 is 18.0. The Balaban J connectivity index is 0.00000308. The Kier molecular flexibility index (Phi) is 8.24. The minimum absolute atomic E-state index is 0. The van der Waals surface area contributed by atoms with Crippen LogP contribution in [0.4, 0.5) is 0 Å². The van der Waals surface area contributed by atoms with E-state index in [1.165, 1.54) is 32.4 Å². The molecular formula is C32H33ClN2O4. The highest BCUT2D eigenvalue weighted by atomic mass is 35.5. The summed E-state index contributed by atoms with van der Waals surface area (Å²) in [4.78, 5) is 14.8. The summed E-state index contributed by atoms with van der Waals surface area (Å²) in [6.45, 7) is 4.55. The largest absolute Gasteiger partial charge is 0.497 e. The van der Waals surface area contributed by atoms with Gasteiger partial charge in [-0.2, -0.15) is 0 Å². The summed E-state index contributed by atoms with van der Waals surface area (Å²) in [5.74, 6) is 3.04. The van der Waals surface area contributed by atoms with Crippen molar-refractivity contribution >= 4 is 29.1 Å². The zero-order valence-corrected chi connectivity index (χ0v) is 22.9. The number of fused-ring (bicyclic) bond motifs is 2. The quantitative estimate of drug-likeness (QED) is 0.263. The van der Waals surface area contributed by atoms with Crippen molar-refractivity contribution in [3.8, 4) is 34.1 Å². The monoisotopic (exact) mass is 544 g/mol. The van der Waals surface area contributed by atoms with E-state index in [4.69, 9.17) is 14.2 Å². The molecule has 4 aromatic rings. The van der Waals surface area contributed by atoms with Crippen molar-refractivity contribution < 1.29 is 19.0 Å². The SMILES string of the molecule is COc1ccc2c(Oc3ccc(OCCN4CCCCC4)cc3)c(-c3ccc4c(c3)C(=O)NC4)ccc2c1.Cl. The molecule has 1 N–H and O–H groups in total. The molecule has 0 unspecified atom stereocenters. The number of methoxy groups -OCH3 is 1. The van der Waals surface area contributed by atoms with Crippen LogP contribution in [-0.2, 0) is 6.54 Å². The fraction of sp³-hybridized carbons (Fsp3) is 0.281. The summed E-state index contributed by atoms with van der Waals surface area (Å²) >= 11 is 0. The summed E-state index contributed by atoms with van der Waals surface area (Å²) in [5.41, 5.74) is 3.59. The van der Waals surface area contributed by atoms with E-state index in [0.717, 1.165) is 57.0 Å². The molecule has 1 amide bonds. The van der Waals surface area contributed by atoms with Crippen LogP contribution in [-0.4, -0.2) is 44.2 Å². The van der Waals surface area contributed by atoms with Crippen molar-refractivity contribution in [2.45, 2.75) is 25.8 Å². The van der Waals surface area contributed by atoms with Crippen LogP contribution in [0, 0.1) is 0 Å². The first-order chi connectivity index (χ1) is 18.7. The Morgan fingerprint density at radius 2 is 1.59 bits per heavy atom. The normalized spacial score (nSPS) is 14.8. The lowest BCUT2D eigenvalue weighted by Crippen LogP contribution is -2.33. The predicted molar refractivity (Wildman–Crippen MR) is 157 cm³/mol. The second-order valence-corrected chi connectivity index (χ2v) is 9.91. The third kappa shape index (κ3) is 5.82. The third-order valence-corrected chi connectivity index (χ3v) is 7.45. The number of halogens is 1. The molecule has 2 heterocycles. The molecule has 0 aromatic heterocycles. The van der Waals surface area contributed by atoms with E-state index in [1.54, 1.807) is 7.11 Å². The van der Waals surface area contributed by atoms with E-state index < -0.39 is 0 Å². The van der Waals surface area contributed by atoms with Gasteiger partial charge in [0, 0.05) is 29.6 Å². The maximum absolute atomic E-state index is 12.3. The van der Waals surface area contributed by atoms with Crippen LogP contribution >= 0.6 is 12.4 Å². The van der Waals surface area contributed by atoms with Crippen LogP contribution in [0.25, 0.3) is 21.9 Å². The number of nitrogens with one attached hydrogen (secondary N) is 1. The lowest BCUT2D eigenvalue weighted by molar-refractivity contribution is 0.0965. The minimum atomic E-state index is -0.0364. The second-order valence-electron chi connectivity index (χ2n) is 9.91. The van der Waals surface area contributed by atoms with Crippen molar-refractivity contribution in [1.82, 2.24) is 10.2 Å². The van der Waals surface area contributed by atoms with E-state index in [9.17, 15) is 4.79 Å². The molecule has 202 valence electrons. The van der Waals surface area contributed by atoms with Gasteiger partial charge in [-0.3, -0.25) is 9.69 Å². The van der Waals surface area contributed by atoms with Gasteiger partial charge in [-0.25, -0.2) is 0 Å². The minimum Gasteiger partial charge on any atom is -0.497 e. The maximum Gasteiger partial charge on any atom is 0.251 e. The smallest absolute Gasteiger partial charge is 0.251 e. The molecule has 0 atom stereocenters. The van der Waals surface area contributed by atoms with Gasteiger partial charge in [0.2, 0.25) is 0 Å². The first-order valence-corrected chi connectivity index (χ1v) is 13.3. The molecule has 0 radical (unpaired) electrons. The van der Waals surface area contributed by atoms with E-state index >= 15 is 0 Å². The molecule has 0 aliphatic carbocycles. The highest BCUT2D eigenvalue weighted by molar-refractivity contribution is 6.01. The molecule has 1 fully saturated rings. The number of rotatable bonds is 8. The Bertz CT molecular complexity index is 1470. The molecule has 1 saturated heterocycles. The van der Waals surface area contributed by atoms with Gasteiger partial charge in [0.25, 0.3) is 5.91 Å². The maximum atomic E-state index is 12.3. The van der Waals surface area contributed by atoms with E-state index in [0.29, 0.717) is 18.7 Å². The number of carbonyl (C=O) groups is 1. The zero-order valence-electron chi connectivity index (χ0n) is 22.1. The molecular weight excluding hydrogens is 512 g/mol. The Hall–Kier alpha value is -3.74. The van der Waals surface area contributed by atoms with Gasteiger partial charge in [0.1, 0.15) is 29.6 Å². The number of amides is 1. The predicted octanol–water partition coefficient (Wildman–Crippen LogP) is 6.84. The lowest BCUT2D eigenvalue weighted by atomic mass is 9.96. The van der Waals surface area contributed by atoms with Crippen LogP contribution in [0.2, 0.25) is 0 Å². The molecule has 39 heavy (non-hydrogen) atoms. The molecule has 2 aliphatic rings. The van der Waals surface area contributed by atoms with Crippen LogP contribution in [0.1, 0.15) is 35.2 Å². The van der Waals surface area contributed by atoms with E-state index in [-0.39, 0.29) is 18.3 Å². The average molecular weight is 545 g/mol. The van der Waals surface area contributed by atoms with Crippen molar-refractivity contribution in [3.05, 3.63) is 83.9 Å². The lowest BCUT2D eigenvalue weighted by Gasteiger charge is -2.26. The number of carbonyl (C=O) groups excluding carboxylic acids is 1. The number of benzene rings is 4. The number of hydrogen-bond donors (Lipinski definition) is 1. The molecule has 7 heteroatoms. The fourth-order valence-corrected chi connectivity index (χ4v) is 5.32. The van der Waals surface area contributed by atoms with Gasteiger partial charge >= 0.3 is 0 Å². The summed E-state index contributed by atoms with van der Waals surface area (Å²) in [6, 6.07) is 23.9. The second kappa shape index (κ2) is 12.0. The standard InChI is InChI=1S/C32H32N2O4.ClH/c1-36-27-12-14-29-22(19-27)7-13-28(23-5-6-24-21-33-32(35)30(24)20-23)31(29)38-26-10-8-25(9-11-26)37-18-17-34-15-3-2-4-16-34;/h5-14,19-20H,2-4,15-18,21H2,1H3,(H,33,35);1H. The summed E-state index contributed by atoms with van der Waals surface area (Å²) in [7, 11) is 1.67. The first-order valence-electron chi connectivity index (χ1n) is 13.3. The Morgan fingerprint density at radius 1 is 0.821 bits per heavy atom. The van der Waals surface area contributed by atoms with Crippen LogP contribution in [0.15, 0.2) is 72.8 Å². The number of nitrogens with zero attached hydrogens (tertiary/aromatic N) is 1.